The maximum Gasteiger partial charge on any atom is 0.0826 e. The molecule has 0 aliphatic rings. The molecule has 1 rings (SSSR count). The van der Waals surface area contributed by atoms with Crippen LogP contribution in [0, 0.1) is 0 Å². The number of hydrogen-bond acceptors (Lipinski definition) is 5. The summed E-state index contributed by atoms with van der Waals surface area (Å²) in [5, 5.41) is 7.55. The maximum absolute atomic E-state index is 4.15. The fourth-order valence-electron chi connectivity index (χ4n) is 1.28. The van der Waals surface area contributed by atoms with Crippen LogP contribution in [0.5, 0.6) is 0 Å². The second kappa shape index (κ2) is 6.15. The van der Waals surface area contributed by atoms with Gasteiger partial charge in [0.1, 0.15) is 0 Å². The normalized spacial score (nSPS) is 11.6. The third kappa shape index (κ3) is 4.24. The van der Waals surface area contributed by atoms with Gasteiger partial charge in [-0.1, -0.05) is 18.3 Å². The van der Waals surface area contributed by atoms with Crippen LogP contribution >= 0.6 is 11.5 Å². The first kappa shape index (κ1) is 12.5. The molecule has 1 N–H and O–H groups in total. The van der Waals surface area contributed by atoms with Crippen molar-refractivity contribution in [3.05, 3.63) is 10.6 Å². The fraction of sp³-hybridized carbons (Fsp3) is 0.800. The van der Waals surface area contributed by atoms with E-state index < -0.39 is 0 Å². The Bertz CT molecular complexity index is 283. The lowest BCUT2D eigenvalue weighted by Gasteiger charge is -2.10. The van der Waals surface area contributed by atoms with Crippen LogP contribution in [0.3, 0.4) is 0 Å². The largest absolute Gasteiger partial charge is 0.310 e. The maximum atomic E-state index is 4.15. The number of nitrogens with one attached hydrogen (secondary N) is 1. The molecule has 0 radical (unpaired) electrons. The minimum absolute atomic E-state index is 0.467. The third-order valence-corrected chi connectivity index (χ3v) is 2.89. The van der Waals surface area contributed by atoms with Crippen molar-refractivity contribution in [1.82, 2.24) is 19.8 Å². The van der Waals surface area contributed by atoms with Crippen molar-refractivity contribution < 1.29 is 0 Å². The van der Waals surface area contributed by atoms with E-state index >= 15 is 0 Å². The lowest BCUT2D eigenvalue weighted by atomic mass is 10.1. The van der Waals surface area contributed by atoms with Gasteiger partial charge in [0.2, 0.25) is 0 Å². The Kier molecular flexibility index (Phi) is 5.14. The van der Waals surface area contributed by atoms with Crippen molar-refractivity contribution in [1.29, 1.82) is 0 Å². The Balaban J connectivity index is 2.34. The highest BCUT2D eigenvalue weighted by Gasteiger charge is 2.10. The molecule has 1 heterocycles. The van der Waals surface area contributed by atoms with Crippen LogP contribution < -0.4 is 5.32 Å². The first-order chi connectivity index (χ1) is 7.11. The second-order valence-corrected chi connectivity index (χ2v) is 5.05. The zero-order valence-electron chi connectivity index (χ0n) is 9.95. The summed E-state index contributed by atoms with van der Waals surface area (Å²) in [5.74, 6) is 0.467. The molecule has 86 valence electrons. The standard InChI is InChI=1S/C10H20N4S/c1-8(2)10-9(15-13-12-10)7-11-5-6-14(3)4/h8,11H,5-7H2,1-4H3. The van der Waals surface area contributed by atoms with Crippen molar-refractivity contribution in [3.63, 3.8) is 0 Å². The SMILES string of the molecule is CC(C)c1nnsc1CNCCN(C)C. The molecule has 0 unspecified atom stereocenters. The zero-order chi connectivity index (χ0) is 11.3. The second-order valence-electron chi connectivity index (χ2n) is 4.22. The van der Waals surface area contributed by atoms with E-state index in [0.717, 1.165) is 25.3 Å². The summed E-state index contributed by atoms with van der Waals surface area (Å²) >= 11 is 1.50. The van der Waals surface area contributed by atoms with Crippen LogP contribution in [-0.2, 0) is 6.54 Å². The number of likely N-dealkylation sites (N-methyl/N-ethyl adjacent to an activating group) is 1. The van der Waals surface area contributed by atoms with Crippen LogP contribution in [-0.4, -0.2) is 41.7 Å². The van der Waals surface area contributed by atoms with E-state index in [9.17, 15) is 0 Å². The van der Waals surface area contributed by atoms with Crippen molar-refractivity contribution >= 4 is 11.5 Å². The summed E-state index contributed by atoms with van der Waals surface area (Å²) in [7, 11) is 4.16. The van der Waals surface area contributed by atoms with Gasteiger partial charge in [0.15, 0.2) is 0 Å². The third-order valence-electron chi connectivity index (χ3n) is 2.15. The molecule has 0 saturated heterocycles. The Morgan fingerprint density at radius 1 is 1.40 bits per heavy atom. The molecule has 15 heavy (non-hydrogen) atoms. The van der Waals surface area contributed by atoms with Crippen molar-refractivity contribution in [3.8, 4) is 0 Å². The lowest BCUT2D eigenvalue weighted by Crippen LogP contribution is -2.26. The van der Waals surface area contributed by atoms with Gasteiger partial charge in [-0.05, 0) is 31.5 Å². The van der Waals surface area contributed by atoms with E-state index in [0.29, 0.717) is 5.92 Å². The summed E-state index contributed by atoms with van der Waals surface area (Å²) in [6, 6.07) is 0. The van der Waals surface area contributed by atoms with Gasteiger partial charge in [-0.15, -0.1) is 5.10 Å². The van der Waals surface area contributed by atoms with Gasteiger partial charge in [0, 0.05) is 19.6 Å². The molecule has 0 amide bonds. The number of rotatable bonds is 6. The molecule has 0 aliphatic heterocycles. The van der Waals surface area contributed by atoms with Gasteiger partial charge in [-0.2, -0.15) is 0 Å². The quantitative estimate of drug-likeness (QED) is 0.745. The highest BCUT2D eigenvalue weighted by atomic mass is 32.1. The molecular formula is C10H20N4S. The Labute approximate surface area is 95.8 Å². The summed E-state index contributed by atoms with van der Waals surface area (Å²) in [6.45, 7) is 7.25. The van der Waals surface area contributed by atoms with E-state index in [1.54, 1.807) is 0 Å². The summed E-state index contributed by atoms with van der Waals surface area (Å²) in [5.41, 5.74) is 1.14. The van der Waals surface area contributed by atoms with Crippen LogP contribution in [0.4, 0.5) is 0 Å². The van der Waals surface area contributed by atoms with Gasteiger partial charge < -0.3 is 10.2 Å². The van der Waals surface area contributed by atoms with E-state index in [1.807, 2.05) is 0 Å². The average molecular weight is 228 g/mol. The monoisotopic (exact) mass is 228 g/mol. The molecule has 0 saturated carbocycles. The molecule has 0 aromatic carbocycles. The van der Waals surface area contributed by atoms with Crippen molar-refractivity contribution in [2.45, 2.75) is 26.3 Å². The van der Waals surface area contributed by atoms with Gasteiger partial charge in [0.05, 0.1) is 10.6 Å². The Morgan fingerprint density at radius 3 is 2.73 bits per heavy atom. The van der Waals surface area contributed by atoms with Crippen LogP contribution in [0.2, 0.25) is 0 Å². The smallest absolute Gasteiger partial charge is 0.0826 e. The topological polar surface area (TPSA) is 41.1 Å². The predicted octanol–water partition coefficient (Wildman–Crippen LogP) is 1.31. The number of hydrogen-bond donors (Lipinski definition) is 1. The molecule has 0 spiro atoms. The van der Waals surface area contributed by atoms with E-state index in [1.165, 1.54) is 16.4 Å². The van der Waals surface area contributed by atoms with Gasteiger partial charge >= 0.3 is 0 Å². The first-order valence-electron chi connectivity index (χ1n) is 5.27. The van der Waals surface area contributed by atoms with Crippen LogP contribution in [0.1, 0.15) is 30.3 Å². The van der Waals surface area contributed by atoms with E-state index in [4.69, 9.17) is 0 Å². The molecule has 0 fully saturated rings. The molecule has 4 nitrogen and oxygen atoms in total. The predicted molar refractivity (Wildman–Crippen MR) is 64.3 cm³/mol. The fourth-order valence-corrected chi connectivity index (χ4v) is 2.05. The molecule has 1 aromatic heterocycles. The summed E-state index contributed by atoms with van der Waals surface area (Å²) in [6.07, 6.45) is 0. The van der Waals surface area contributed by atoms with Gasteiger partial charge in [-0.25, -0.2) is 0 Å². The Hall–Kier alpha value is -0.520. The van der Waals surface area contributed by atoms with Crippen LogP contribution in [0.25, 0.3) is 0 Å². The molecule has 1 aromatic rings. The molecule has 0 bridgehead atoms. The van der Waals surface area contributed by atoms with Gasteiger partial charge in [0.25, 0.3) is 0 Å². The zero-order valence-corrected chi connectivity index (χ0v) is 10.8. The average Bonchev–Trinajstić information content (AvgIpc) is 2.60. The number of aromatic nitrogens is 2. The molecule has 5 heteroatoms. The lowest BCUT2D eigenvalue weighted by molar-refractivity contribution is 0.400. The van der Waals surface area contributed by atoms with E-state index in [-0.39, 0.29) is 0 Å². The highest BCUT2D eigenvalue weighted by molar-refractivity contribution is 7.05. The van der Waals surface area contributed by atoms with Crippen LogP contribution in [0.15, 0.2) is 0 Å². The van der Waals surface area contributed by atoms with E-state index in [2.05, 4.69) is 47.7 Å². The molecule has 0 aliphatic carbocycles. The van der Waals surface area contributed by atoms with Crippen molar-refractivity contribution in [2.24, 2.45) is 0 Å². The summed E-state index contributed by atoms with van der Waals surface area (Å²) in [4.78, 5) is 3.44. The highest BCUT2D eigenvalue weighted by Crippen LogP contribution is 2.18. The number of nitrogens with zero attached hydrogens (tertiary/aromatic N) is 3. The van der Waals surface area contributed by atoms with Crippen molar-refractivity contribution in [2.75, 3.05) is 27.2 Å². The minimum atomic E-state index is 0.467. The van der Waals surface area contributed by atoms with Gasteiger partial charge in [-0.3, -0.25) is 0 Å². The molecule has 0 atom stereocenters. The molecular weight excluding hydrogens is 208 g/mol. The minimum Gasteiger partial charge on any atom is -0.310 e. The first-order valence-corrected chi connectivity index (χ1v) is 6.05. The summed E-state index contributed by atoms with van der Waals surface area (Å²) < 4.78 is 4.00. The Morgan fingerprint density at radius 2 is 2.13 bits per heavy atom.